The number of halogens is 2. The van der Waals surface area contributed by atoms with Crippen molar-refractivity contribution in [1.29, 1.82) is 0 Å². The Bertz CT molecular complexity index is 2930. The maximum atomic E-state index is 15.5. The van der Waals surface area contributed by atoms with Crippen molar-refractivity contribution < 1.29 is 47.1 Å². The van der Waals surface area contributed by atoms with E-state index in [-0.39, 0.29) is 136 Å². The Morgan fingerprint density at radius 1 is 0.575 bits per heavy atom. The van der Waals surface area contributed by atoms with Crippen LogP contribution in [0.3, 0.4) is 0 Å². The zero-order valence-corrected chi connectivity index (χ0v) is 51.7. The van der Waals surface area contributed by atoms with Crippen LogP contribution in [0.15, 0.2) is 109 Å². The fourth-order valence-electron chi connectivity index (χ4n) is 13.3. The average Bonchev–Trinajstić information content (AvgIpc) is 2.63. The molecule has 0 radical (unpaired) electrons. The molecule has 0 unspecified atom stereocenters. The first-order chi connectivity index (χ1) is 42.0. The van der Waals surface area contributed by atoms with Crippen molar-refractivity contribution in [2.75, 3.05) is 45.8 Å². The molecule has 2 aliphatic heterocycles. The molecule has 4 aliphatic rings. The number of Topliss-reactive ketones (excluding diaryl/α,β-unsaturated/α-hetero) is 2. The summed E-state index contributed by atoms with van der Waals surface area (Å²) in [5.74, 6) is -3.04. The van der Waals surface area contributed by atoms with Gasteiger partial charge in [0.2, 0.25) is 29.5 Å². The van der Waals surface area contributed by atoms with Crippen LogP contribution in [0.1, 0.15) is 162 Å². The number of ketones is 2. The first kappa shape index (κ1) is 65.9. The molecule has 2 heterocycles. The van der Waals surface area contributed by atoms with Gasteiger partial charge in [-0.05, 0) is 91.2 Å². The number of carbonyl (C=O) groups is 8. The van der Waals surface area contributed by atoms with Gasteiger partial charge in [0.1, 0.15) is 24.2 Å². The van der Waals surface area contributed by atoms with E-state index in [0.717, 1.165) is 86.5 Å². The molecular formula is C71H92F2N6O8. The van der Waals surface area contributed by atoms with E-state index in [9.17, 15) is 38.4 Å². The molecule has 7 atom stereocenters. The maximum absolute atomic E-state index is 15.5. The molecule has 16 heteroatoms. The van der Waals surface area contributed by atoms with Crippen molar-refractivity contribution in [2.24, 2.45) is 29.6 Å². The average molecular weight is 1200 g/mol. The van der Waals surface area contributed by atoms with Gasteiger partial charge in [-0.25, -0.2) is 8.78 Å². The molecule has 87 heavy (non-hydrogen) atoms. The van der Waals surface area contributed by atoms with E-state index in [2.05, 4.69) is 10.6 Å². The van der Waals surface area contributed by atoms with E-state index in [1.54, 1.807) is 68.1 Å². The second kappa shape index (κ2) is 32.2. The van der Waals surface area contributed by atoms with E-state index in [1.165, 1.54) is 0 Å². The first-order valence-electron chi connectivity index (χ1n) is 32.3. The summed E-state index contributed by atoms with van der Waals surface area (Å²) < 4.78 is 30.9. The smallest absolute Gasteiger partial charge is 0.251 e. The highest BCUT2D eigenvalue weighted by Crippen LogP contribution is 2.37. The lowest BCUT2D eigenvalue weighted by Gasteiger charge is -2.36. The van der Waals surface area contributed by atoms with Crippen molar-refractivity contribution in [3.8, 4) is 11.1 Å². The Morgan fingerprint density at radius 3 is 1.56 bits per heavy atom. The van der Waals surface area contributed by atoms with Gasteiger partial charge in [-0.2, -0.15) is 0 Å². The topological polar surface area (TPSA) is 174 Å². The van der Waals surface area contributed by atoms with E-state index in [4.69, 9.17) is 0 Å². The van der Waals surface area contributed by atoms with Crippen molar-refractivity contribution in [1.82, 2.24) is 30.2 Å². The Hall–Kier alpha value is -7.10. The third-order valence-electron chi connectivity index (χ3n) is 18.9. The zero-order chi connectivity index (χ0) is 62.0. The van der Waals surface area contributed by atoms with Crippen LogP contribution in [0, 0.1) is 29.6 Å². The van der Waals surface area contributed by atoms with Gasteiger partial charge < -0.3 is 30.2 Å². The van der Waals surface area contributed by atoms with Crippen LogP contribution in [0.4, 0.5) is 8.78 Å². The summed E-state index contributed by atoms with van der Waals surface area (Å²) in [7, 11) is 0. The van der Waals surface area contributed by atoms with Crippen LogP contribution in [-0.2, 0) is 41.6 Å². The van der Waals surface area contributed by atoms with Gasteiger partial charge in [-0.1, -0.05) is 163 Å². The van der Waals surface area contributed by atoms with E-state index < -0.39 is 42.3 Å². The summed E-state index contributed by atoms with van der Waals surface area (Å²) in [6.45, 7) is 7.71. The molecule has 2 saturated heterocycles. The van der Waals surface area contributed by atoms with Crippen LogP contribution in [0.5, 0.6) is 0 Å². The molecule has 0 spiro atoms. The minimum Gasteiger partial charge on any atom is -0.344 e. The Balaban J connectivity index is 0.874. The lowest BCUT2D eigenvalue weighted by atomic mass is 9.76. The number of amides is 6. The molecule has 0 aromatic heterocycles. The summed E-state index contributed by atoms with van der Waals surface area (Å²) in [5.41, 5.74) is 4.30. The van der Waals surface area contributed by atoms with Gasteiger partial charge >= 0.3 is 0 Å². The molecule has 4 fully saturated rings. The molecule has 2 N–H and O–H groups in total. The number of rotatable bonds is 28. The minimum absolute atomic E-state index is 0.0208. The molecule has 8 rings (SSSR count). The predicted octanol–water partition coefficient (Wildman–Crippen LogP) is 11.0. The molecular weight excluding hydrogens is 1100 g/mol. The van der Waals surface area contributed by atoms with E-state index >= 15 is 8.78 Å². The third-order valence-corrected chi connectivity index (χ3v) is 18.9. The number of benzene rings is 4. The van der Waals surface area contributed by atoms with Gasteiger partial charge in [0.25, 0.3) is 5.91 Å². The number of alkyl halides is 2. The van der Waals surface area contributed by atoms with Crippen molar-refractivity contribution in [2.45, 2.75) is 174 Å². The van der Waals surface area contributed by atoms with Crippen molar-refractivity contribution >= 4 is 47.0 Å². The lowest BCUT2D eigenvalue weighted by Crippen LogP contribution is -2.56. The number of hydrogen-bond acceptors (Lipinski definition) is 8. The molecule has 4 aromatic rings. The lowest BCUT2D eigenvalue weighted by molar-refractivity contribution is -0.143. The first-order valence-corrected chi connectivity index (χ1v) is 32.3. The Kier molecular flexibility index (Phi) is 24.4. The highest BCUT2D eigenvalue weighted by atomic mass is 19.1. The van der Waals surface area contributed by atoms with Crippen LogP contribution in [0.25, 0.3) is 11.1 Å². The summed E-state index contributed by atoms with van der Waals surface area (Å²) in [5, 5.41) is 5.84. The maximum Gasteiger partial charge on any atom is 0.251 e. The monoisotopic (exact) mass is 1190 g/mol. The van der Waals surface area contributed by atoms with Crippen LogP contribution in [-0.4, -0.2) is 143 Å². The Morgan fingerprint density at radius 2 is 1.06 bits per heavy atom. The number of hydrogen-bond donors (Lipinski definition) is 2. The number of likely N-dealkylation sites (tertiary alicyclic amines) is 2. The number of nitrogens with one attached hydrogen (secondary N) is 2. The summed E-state index contributed by atoms with van der Waals surface area (Å²) >= 11 is 0. The highest BCUT2D eigenvalue weighted by Gasteiger charge is 2.44. The van der Waals surface area contributed by atoms with E-state index in [0.29, 0.717) is 36.9 Å². The second-order valence-electron chi connectivity index (χ2n) is 25.4. The van der Waals surface area contributed by atoms with Crippen LogP contribution >= 0.6 is 0 Å². The molecule has 0 bridgehead atoms. The molecule has 6 amide bonds. The van der Waals surface area contributed by atoms with Crippen LogP contribution < -0.4 is 10.6 Å². The molecule has 2 aliphatic carbocycles. The van der Waals surface area contributed by atoms with Gasteiger partial charge in [0.05, 0.1) is 31.7 Å². The SMILES string of the molecule is CC[C@@H](C)C(=O)N[C@H](C(=O)N1C[C@H](F)C[C@H]1CN(CCc1ccccc1)C(=O)CCC(=O)c1ccc(-c2ccc(C(=O)NCC(=O)N(CCc3ccccc3)C[C@@H]3C[C@@H](F)CN3C(=O)[C@@H](CC(=O)C(C)C)C3CCCCC3)cc2)cc1)C1CCCCC1. The standard InChI is InChI=1S/C71H92F2N6O8/c1-5-49(4)68(84)75-67(56-24-16-9-17-25-56)71(87)79-45-59(73)41-61(79)46-76(38-36-50-18-10-6-11-19-50)65(82)35-34-63(80)55-30-26-52(27-31-55)53-28-32-57(33-29-53)69(85)74-43-66(83)77(39-37-51-20-12-7-13-21-51)47-60-40-58(72)44-78(60)70(86)62(42-64(81)48(2)3)54-22-14-8-15-23-54/h6-7,10-13,18-21,26-33,48-49,54,56,58-62,67H,5,8-9,14-17,22-25,34-47H2,1-4H3,(H,74,85)(H,75,84)/t49-,58-,59-,60+,61+,62+,67+/m1/s1. The summed E-state index contributed by atoms with van der Waals surface area (Å²) in [6, 6.07) is 31.3. The van der Waals surface area contributed by atoms with E-state index in [1.807, 2.05) is 88.4 Å². The molecule has 14 nitrogen and oxygen atoms in total. The van der Waals surface area contributed by atoms with Gasteiger partial charge in [-0.15, -0.1) is 0 Å². The second-order valence-corrected chi connectivity index (χ2v) is 25.4. The predicted molar refractivity (Wildman–Crippen MR) is 334 cm³/mol. The Labute approximate surface area is 513 Å². The fourth-order valence-corrected chi connectivity index (χ4v) is 13.3. The fraction of sp³-hybridized carbons (Fsp3) is 0.549. The normalized spacial score (nSPS) is 20.1. The summed E-state index contributed by atoms with van der Waals surface area (Å²) in [6.07, 6.45) is 8.59. The van der Waals surface area contributed by atoms with Crippen molar-refractivity contribution in [3.05, 3.63) is 131 Å². The summed E-state index contributed by atoms with van der Waals surface area (Å²) in [4.78, 5) is 118. The van der Waals surface area contributed by atoms with Crippen molar-refractivity contribution in [3.63, 3.8) is 0 Å². The molecule has 468 valence electrons. The largest absolute Gasteiger partial charge is 0.344 e. The quantitative estimate of drug-likeness (QED) is 0.0529. The third kappa shape index (κ3) is 18.5. The van der Waals surface area contributed by atoms with Crippen LogP contribution in [0.2, 0.25) is 0 Å². The minimum atomic E-state index is -1.28. The molecule has 2 saturated carbocycles. The van der Waals surface area contributed by atoms with Gasteiger partial charge in [0, 0.05) is 87.2 Å². The zero-order valence-electron chi connectivity index (χ0n) is 51.7. The van der Waals surface area contributed by atoms with Gasteiger partial charge in [0.15, 0.2) is 5.78 Å². The number of nitrogens with zero attached hydrogens (tertiary/aromatic N) is 4. The highest BCUT2D eigenvalue weighted by molar-refractivity contribution is 5.99. The number of carbonyl (C=O) groups excluding carboxylic acids is 8. The van der Waals surface area contributed by atoms with Gasteiger partial charge in [-0.3, -0.25) is 38.4 Å². The molecule has 4 aromatic carbocycles.